The predicted octanol–water partition coefficient (Wildman–Crippen LogP) is -1.33. The highest BCUT2D eigenvalue weighted by molar-refractivity contribution is 7.74. The lowest BCUT2D eigenvalue weighted by atomic mass is 10.4. The van der Waals surface area contributed by atoms with Crippen molar-refractivity contribution in [3.05, 3.63) is 0 Å². The van der Waals surface area contributed by atoms with E-state index in [1.807, 2.05) is 0 Å². The van der Waals surface area contributed by atoms with Gasteiger partial charge in [-0.05, 0) is 6.92 Å². The van der Waals surface area contributed by atoms with E-state index in [2.05, 4.69) is 9.92 Å². The zero-order chi connectivity index (χ0) is 7.44. The smallest absolute Gasteiger partial charge is 0.247 e. The fourth-order valence-corrected chi connectivity index (χ4v) is 0.496. The van der Waals surface area contributed by atoms with Crippen LogP contribution in [-0.2, 0) is 20.3 Å². The molecule has 0 radical (unpaired) electrons. The van der Waals surface area contributed by atoms with Gasteiger partial charge in [-0.2, -0.15) is 0 Å². The first-order valence-corrected chi connectivity index (χ1v) is 3.09. The average molecular weight is 152 g/mol. The van der Waals surface area contributed by atoms with Crippen LogP contribution in [0.4, 0.5) is 0 Å². The molecule has 0 aromatic carbocycles. The van der Waals surface area contributed by atoms with Crippen molar-refractivity contribution in [2.45, 2.75) is 13.0 Å². The van der Waals surface area contributed by atoms with Crippen LogP contribution in [0.3, 0.4) is 0 Å². The second-order valence-corrected chi connectivity index (χ2v) is 1.95. The highest BCUT2D eigenvalue weighted by atomic mass is 32.2. The molecule has 2 atom stereocenters. The summed E-state index contributed by atoms with van der Waals surface area (Å²) in [4.78, 5) is 10.1. The summed E-state index contributed by atoms with van der Waals surface area (Å²) in [5, 5.41) is 0. The molecular formula is C3H6NO4S-. The lowest BCUT2D eigenvalue weighted by Gasteiger charge is -2.09. The van der Waals surface area contributed by atoms with E-state index >= 15 is 0 Å². The summed E-state index contributed by atoms with van der Waals surface area (Å²) in [6.45, 7) is 1.25. The average Bonchev–Trinajstić information content (AvgIpc) is 1.63. The van der Waals surface area contributed by atoms with Crippen molar-refractivity contribution < 1.29 is 17.7 Å². The normalized spacial score (nSPS) is 16.7. The van der Waals surface area contributed by atoms with Crippen LogP contribution in [0.5, 0.6) is 0 Å². The van der Waals surface area contributed by atoms with Gasteiger partial charge in [0.1, 0.15) is 6.10 Å². The molecule has 0 aliphatic carbocycles. The summed E-state index contributed by atoms with van der Waals surface area (Å²) in [6.07, 6.45) is -1.08. The molecule has 0 saturated carbocycles. The van der Waals surface area contributed by atoms with Gasteiger partial charge in [0, 0.05) is 0 Å². The maximum Gasteiger partial charge on any atom is 0.247 e. The SMILES string of the molecule is CC(OS(=O)[O-])C(N)=O. The Morgan fingerprint density at radius 3 is 2.44 bits per heavy atom. The highest BCUT2D eigenvalue weighted by Gasteiger charge is 2.07. The van der Waals surface area contributed by atoms with Crippen molar-refractivity contribution in [3.63, 3.8) is 0 Å². The van der Waals surface area contributed by atoms with Crippen molar-refractivity contribution in [2.24, 2.45) is 5.73 Å². The van der Waals surface area contributed by atoms with Crippen molar-refractivity contribution >= 4 is 17.3 Å². The van der Waals surface area contributed by atoms with Gasteiger partial charge in [-0.25, -0.2) is 4.21 Å². The largest absolute Gasteiger partial charge is 0.750 e. The molecule has 54 valence electrons. The molecule has 0 spiro atoms. The van der Waals surface area contributed by atoms with Crippen LogP contribution in [0.2, 0.25) is 0 Å². The maximum absolute atomic E-state index is 10.1. The molecule has 5 nitrogen and oxygen atoms in total. The molecule has 2 N–H and O–H groups in total. The molecule has 0 aromatic heterocycles. The lowest BCUT2D eigenvalue weighted by Crippen LogP contribution is -2.28. The van der Waals surface area contributed by atoms with Gasteiger partial charge < -0.3 is 10.3 Å². The van der Waals surface area contributed by atoms with Gasteiger partial charge in [-0.1, -0.05) is 0 Å². The van der Waals surface area contributed by atoms with Gasteiger partial charge in [-0.3, -0.25) is 8.98 Å². The molecule has 0 aliphatic heterocycles. The number of rotatable bonds is 3. The third-order valence-corrected chi connectivity index (χ3v) is 1.07. The third kappa shape index (κ3) is 4.07. The lowest BCUT2D eigenvalue weighted by molar-refractivity contribution is -0.123. The first-order valence-electron chi connectivity index (χ1n) is 2.09. The van der Waals surface area contributed by atoms with Crippen LogP contribution in [0, 0.1) is 0 Å². The van der Waals surface area contributed by atoms with E-state index in [0.29, 0.717) is 0 Å². The van der Waals surface area contributed by atoms with Gasteiger partial charge >= 0.3 is 0 Å². The Bertz CT molecular complexity index is 136. The summed E-state index contributed by atoms with van der Waals surface area (Å²) in [6, 6.07) is 0. The van der Waals surface area contributed by atoms with Gasteiger partial charge in [0.25, 0.3) is 0 Å². The minimum Gasteiger partial charge on any atom is -0.750 e. The predicted molar refractivity (Wildman–Crippen MR) is 28.7 cm³/mol. The second-order valence-electron chi connectivity index (χ2n) is 1.34. The summed E-state index contributed by atoms with van der Waals surface area (Å²) in [5.74, 6) is -0.806. The topological polar surface area (TPSA) is 92.4 Å². The summed E-state index contributed by atoms with van der Waals surface area (Å²) in [5.41, 5.74) is 4.65. The number of carbonyl (C=O) groups excluding carboxylic acids is 1. The van der Waals surface area contributed by atoms with Gasteiger partial charge in [0.15, 0.2) is 0 Å². The molecule has 0 heterocycles. The molecule has 1 amide bonds. The Labute approximate surface area is 54.7 Å². The zero-order valence-corrected chi connectivity index (χ0v) is 5.51. The van der Waals surface area contributed by atoms with Gasteiger partial charge in [-0.15, -0.1) is 0 Å². The number of carbonyl (C=O) groups is 1. The fraction of sp³-hybridized carbons (Fsp3) is 0.667. The monoisotopic (exact) mass is 152 g/mol. The van der Waals surface area contributed by atoms with Crippen LogP contribution in [0.1, 0.15) is 6.92 Å². The van der Waals surface area contributed by atoms with Crippen LogP contribution >= 0.6 is 0 Å². The van der Waals surface area contributed by atoms with Crippen molar-refractivity contribution in [1.82, 2.24) is 0 Å². The first kappa shape index (κ1) is 8.54. The van der Waals surface area contributed by atoms with E-state index in [4.69, 9.17) is 0 Å². The van der Waals surface area contributed by atoms with Crippen molar-refractivity contribution in [1.29, 1.82) is 0 Å². The van der Waals surface area contributed by atoms with E-state index < -0.39 is 23.4 Å². The second kappa shape index (κ2) is 3.54. The van der Waals surface area contributed by atoms with Crippen LogP contribution in [-0.4, -0.2) is 20.8 Å². The van der Waals surface area contributed by atoms with E-state index in [1.54, 1.807) is 0 Å². The van der Waals surface area contributed by atoms with E-state index in [0.717, 1.165) is 0 Å². The Morgan fingerprint density at radius 1 is 1.89 bits per heavy atom. The molecule has 9 heavy (non-hydrogen) atoms. The van der Waals surface area contributed by atoms with Gasteiger partial charge in [0.2, 0.25) is 5.91 Å². The molecule has 2 unspecified atom stereocenters. The molecule has 0 fully saturated rings. The fourth-order valence-electron chi connectivity index (χ4n) is 0.165. The van der Waals surface area contributed by atoms with Crippen molar-refractivity contribution in [2.75, 3.05) is 0 Å². The molecule has 6 heteroatoms. The Balaban J connectivity index is 3.63. The van der Waals surface area contributed by atoms with E-state index in [9.17, 15) is 13.6 Å². The summed E-state index contributed by atoms with van der Waals surface area (Å²) < 4.78 is 23.3. The number of hydrogen-bond acceptors (Lipinski definition) is 4. The summed E-state index contributed by atoms with van der Waals surface area (Å²) >= 11 is -2.67. The molecular weight excluding hydrogens is 146 g/mol. The Hall–Kier alpha value is -0.460. The zero-order valence-electron chi connectivity index (χ0n) is 4.70. The number of amides is 1. The van der Waals surface area contributed by atoms with E-state index in [1.165, 1.54) is 6.92 Å². The number of nitrogens with two attached hydrogens (primary N) is 1. The van der Waals surface area contributed by atoms with E-state index in [-0.39, 0.29) is 0 Å². The van der Waals surface area contributed by atoms with Gasteiger partial charge in [0.05, 0.1) is 11.4 Å². The Kier molecular flexibility index (Phi) is 3.36. The highest BCUT2D eigenvalue weighted by Crippen LogP contribution is 1.89. The maximum atomic E-state index is 10.1. The minimum absolute atomic E-state index is 0.806. The van der Waals surface area contributed by atoms with Crippen LogP contribution in [0.25, 0.3) is 0 Å². The quantitative estimate of drug-likeness (QED) is 0.507. The number of hydrogen-bond donors (Lipinski definition) is 1. The summed E-state index contributed by atoms with van der Waals surface area (Å²) in [7, 11) is 0. The van der Waals surface area contributed by atoms with Crippen LogP contribution < -0.4 is 5.73 Å². The minimum atomic E-state index is -2.67. The molecule has 0 bridgehead atoms. The molecule has 0 rings (SSSR count). The molecule has 0 aliphatic rings. The first-order chi connectivity index (χ1) is 4.04. The van der Waals surface area contributed by atoms with Crippen molar-refractivity contribution in [3.8, 4) is 0 Å². The standard InChI is InChI=1S/C3H7NO4S/c1-2(3(4)5)8-9(6)7/h2H,1H3,(H2,4,5)(H,6,7)/p-1. The third-order valence-electron chi connectivity index (χ3n) is 0.624. The molecule has 0 saturated heterocycles. The Morgan fingerprint density at radius 2 is 2.33 bits per heavy atom. The number of primary amides is 1. The molecule has 0 aromatic rings. The van der Waals surface area contributed by atoms with Crippen LogP contribution in [0.15, 0.2) is 0 Å².